The molecule has 1 atom stereocenters. The van der Waals surface area contributed by atoms with Gasteiger partial charge in [-0.25, -0.2) is 0 Å². The minimum absolute atomic E-state index is 0.00490. The minimum atomic E-state index is -0.557. The van der Waals surface area contributed by atoms with Crippen LogP contribution in [0.1, 0.15) is 17.0 Å². The molecule has 28 heavy (non-hydrogen) atoms. The number of nitrogens with zero attached hydrogens (tertiary/aromatic N) is 2. The van der Waals surface area contributed by atoms with Crippen LogP contribution in [0, 0.1) is 11.3 Å². The van der Waals surface area contributed by atoms with Crippen molar-refractivity contribution in [2.75, 3.05) is 7.11 Å². The zero-order chi connectivity index (χ0) is 19.8. The summed E-state index contributed by atoms with van der Waals surface area (Å²) >= 11 is 12.5. The maximum atomic E-state index is 9.76. The monoisotopic (exact) mass is 412 g/mol. The first kappa shape index (κ1) is 18.2. The molecule has 0 bridgehead atoms. The summed E-state index contributed by atoms with van der Waals surface area (Å²) < 4.78 is 10.9. The topological polar surface area (TPSA) is 97.0 Å². The summed E-state index contributed by atoms with van der Waals surface area (Å²) in [6.45, 7) is 0. The van der Waals surface area contributed by atoms with Gasteiger partial charge in [0.1, 0.15) is 17.4 Å². The third kappa shape index (κ3) is 2.95. The number of allylic oxidation sites excluding steroid dienone is 1. The number of benzene rings is 2. The fourth-order valence-electron chi connectivity index (χ4n) is 3.29. The van der Waals surface area contributed by atoms with Gasteiger partial charge in [0.2, 0.25) is 11.8 Å². The van der Waals surface area contributed by atoms with Crippen LogP contribution in [0.15, 0.2) is 53.9 Å². The van der Waals surface area contributed by atoms with Crippen molar-refractivity contribution in [2.45, 2.75) is 5.92 Å². The van der Waals surface area contributed by atoms with Crippen LogP contribution < -0.4 is 15.2 Å². The highest BCUT2D eigenvalue weighted by Crippen LogP contribution is 2.47. The minimum Gasteiger partial charge on any atom is -0.497 e. The number of H-pyrrole nitrogens is 1. The van der Waals surface area contributed by atoms with Crippen molar-refractivity contribution in [1.82, 2.24) is 10.2 Å². The summed E-state index contributed by atoms with van der Waals surface area (Å²) in [6, 6.07) is 14.7. The second-order valence-electron chi connectivity index (χ2n) is 6.14. The SMILES string of the molecule is COc1cccc(-c2[nH]nc3c2[C@@H](c2ccc(Cl)cc2Cl)C(C#N)=C(N)O3)c1. The lowest BCUT2D eigenvalue weighted by atomic mass is 9.83. The second kappa shape index (κ2) is 7.12. The smallest absolute Gasteiger partial charge is 0.244 e. The number of methoxy groups -OCH3 is 1. The van der Waals surface area contributed by atoms with Gasteiger partial charge in [-0.05, 0) is 29.8 Å². The lowest BCUT2D eigenvalue weighted by Crippen LogP contribution is -2.21. The van der Waals surface area contributed by atoms with Crippen molar-refractivity contribution in [1.29, 1.82) is 5.26 Å². The number of ether oxygens (including phenoxy) is 2. The predicted octanol–water partition coefficient (Wildman–Crippen LogP) is 4.61. The van der Waals surface area contributed by atoms with E-state index in [1.165, 1.54) is 0 Å². The van der Waals surface area contributed by atoms with Crippen molar-refractivity contribution in [3.8, 4) is 29.0 Å². The number of hydrogen-bond acceptors (Lipinski definition) is 5. The van der Waals surface area contributed by atoms with Gasteiger partial charge in [-0.2, -0.15) is 5.26 Å². The first-order valence-electron chi connectivity index (χ1n) is 8.28. The van der Waals surface area contributed by atoms with Crippen LogP contribution in [0.2, 0.25) is 10.0 Å². The molecule has 6 nitrogen and oxygen atoms in total. The van der Waals surface area contributed by atoms with E-state index >= 15 is 0 Å². The molecule has 0 spiro atoms. The van der Waals surface area contributed by atoms with Crippen LogP contribution in [-0.4, -0.2) is 17.3 Å². The summed E-state index contributed by atoms with van der Waals surface area (Å²) in [4.78, 5) is 0. The molecule has 0 amide bonds. The standard InChI is InChI=1S/C20H14Cl2N4O2/c1-27-12-4-2-3-10(7-12)18-17-16(13-6-5-11(21)8-15(13)22)14(9-23)19(24)28-20(17)26-25-18/h2-8,16H,24H2,1H3,(H,25,26)/t16-/m0/s1. The van der Waals surface area contributed by atoms with Gasteiger partial charge in [-0.3, -0.25) is 5.10 Å². The Kier molecular flexibility index (Phi) is 4.63. The Hall–Kier alpha value is -3.14. The Morgan fingerprint density at radius 2 is 2.07 bits per heavy atom. The number of nitriles is 1. The molecule has 0 radical (unpaired) electrons. The average Bonchev–Trinajstić information content (AvgIpc) is 3.10. The van der Waals surface area contributed by atoms with E-state index in [0.29, 0.717) is 38.5 Å². The molecule has 3 aromatic rings. The average molecular weight is 413 g/mol. The Labute approximate surface area is 171 Å². The molecule has 140 valence electrons. The van der Waals surface area contributed by atoms with E-state index in [9.17, 15) is 5.26 Å². The van der Waals surface area contributed by atoms with Crippen LogP contribution >= 0.6 is 23.2 Å². The number of halogens is 2. The molecule has 0 saturated carbocycles. The summed E-state index contributed by atoms with van der Waals surface area (Å²) in [5, 5.41) is 17.9. The van der Waals surface area contributed by atoms with Crippen molar-refractivity contribution in [3.05, 3.63) is 75.1 Å². The molecule has 1 aromatic heterocycles. The fourth-order valence-corrected chi connectivity index (χ4v) is 3.81. The molecule has 1 aliphatic heterocycles. The predicted molar refractivity (Wildman–Crippen MR) is 106 cm³/mol. The highest BCUT2D eigenvalue weighted by molar-refractivity contribution is 6.35. The molecular formula is C20H14Cl2N4O2. The van der Waals surface area contributed by atoms with Crippen molar-refractivity contribution >= 4 is 23.2 Å². The Balaban J connectivity index is 1.96. The third-order valence-electron chi connectivity index (χ3n) is 4.57. The van der Waals surface area contributed by atoms with E-state index < -0.39 is 5.92 Å². The van der Waals surface area contributed by atoms with E-state index in [0.717, 1.165) is 5.56 Å². The van der Waals surface area contributed by atoms with Crippen molar-refractivity contribution in [3.63, 3.8) is 0 Å². The summed E-state index contributed by atoms with van der Waals surface area (Å²) in [7, 11) is 1.60. The van der Waals surface area contributed by atoms with Crippen molar-refractivity contribution < 1.29 is 9.47 Å². The Bertz CT molecular complexity index is 1150. The van der Waals surface area contributed by atoms with Gasteiger partial charge < -0.3 is 15.2 Å². The molecule has 0 unspecified atom stereocenters. The van der Waals surface area contributed by atoms with E-state index in [-0.39, 0.29) is 11.5 Å². The highest BCUT2D eigenvalue weighted by Gasteiger charge is 2.36. The molecule has 3 N–H and O–H groups in total. The molecule has 1 aliphatic rings. The lowest BCUT2D eigenvalue weighted by Gasteiger charge is -2.25. The zero-order valence-corrected chi connectivity index (χ0v) is 16.2. The third-order valence-corrected chi connectivity index (χ3v) is 5.13. The first-order valence-corrected chi connectivity index (χ1v) is 9.04. The number of fused-ring (bicyclic) bond motifs is 1. The van der Waals surface area contributed by atoms with Gasteiger partial charge in [0.15, 0.2) is 0 Å². The normalized spacial score (nSPS) is 15.6. The Morgan fingerprint density at radius 3 is 2.79 bits per heavy atom. The number of aromatic nitrogens is 2. The maximum absolute atomic E-state index is 9.76. The van der Waals surface area contributed by atoms with Gasteiger partial charge in [-0.1, -0.05) is 41.4 Å². The van der Waals surface area contributed by atoms with Crippen LogP contribution in [0.5, 0.6) is 11.6 Å². The number of rotatable bonds is 3. The van der Waals surface area contributed by atoms with Gasteiger partial charge in [0, 0.05) is 15.6 Å². The van der Waals surface area contributed by atoms with Crippen LogP contribution in [-0.2, 0) is 0 Å². The molecule has 0 fully saturated rings. The highest BCUT2D eigenvalue weighted by atomic mass is 35.5. The molecule has 4 rings (SSSR count). The number of nitrogens with two attached hydrogens (primary N) is 1. The molecule has 8 heteroatoms. The second-order valence-corrected chi connectivity index (χ2v) is 6.98. The summed E-state index contributed by atoms with van der Waals surface area (Å²) in [5.41, 5.74) is 9.11. The van der Waals surface area contributed by atoms with Gasteiger partial charge >= 0.3 is 0 Å². The Morgan fingerprint density at radius 1 is 1.25 bits per heavy atom. The van der Waals surface area contributed by atoms with E-state index in [4.69, 9.17) is 38.4 Å². The first-order chi connectivity index (χ1) is 13.5. The van der Waals surface area contributed by atoms with Gasteiger partial charge in [0.25, 0.3) is 0 Å². The van der Waals surface area contributed by atoms with Crippen LogP contribution in [0.3, 0.4) is 0 Å². The molecule has 2 aromatic carbocycles. The quantitative estimate of drug-likeness (QED) is 0.654. The van der Waals surface area contributed by atoms with Crippen molar-refractivity contribution in [2.24, 2.45) is 5.73 Å². The van der Waals surface area contributed by atoms with Gasteiger partial charge in [0.05, 0.1) is 24.3 Å². The number of aromatic amines is 1. The van der Waals surface area contributed by atoms with Gasteiger partial charge in [-0.15, -0.1) is 5.10 Å². The van der Waals surface area contributed by atoms with E-state index in [1.807, 2.05) is 24.3 Å². The summed E-state index contributed by atoms with van der Waals surface area (Å²) in [6.07, 6.45) is 0. The van der Waals surface area contributed by atoms with Crippen LogP contribution in [0.4, 0.5) is 0 Å². The molecule has 2 heterocycles. The number of hydrogen-bond donors (Lipinski definition) is 2. The molecule has 0 saturated heterocycles. The van der Waals surface area contributed by atoms with E-state index in [1.54, 1.807) is 25.3 Å². The number of nitrogens with one attached hydrogen (secondary N) is 1. The van der Waals surface area contributed by atoms with E-state index in [2.05, 4.69) is 16.3 Å². The molecular weight excluding hydrogens is 399 g/mol. The lowest BCUT2D eigenvalue weighted by molar-refractivity contribution is 0.379. The maximum Gasteiger partial charge on any atom is 0.244 e. The zero-order valence-electron chi connectivity index (χ0n) is 14.7. The largest absolute Gasteiger partial charge is 0.497 e. The summed E-state index contributed by atoms with van der Waals surface area (Å²) in [5.74, 6) is 0.424. The fraction of sp³-hybridized carbons (Fsp3) is 0.100. The van der Waals surface area contributed by atoms with Crippen LogP contribution in [0.25, 0.3) is 11.3 Å². The molecule has 0 aliphatic carbocycles.